The third-order valence-electron chi connectivity index (χ3n) is 4.75. The predicted molar refractivity (Wildman–Crippen MR) is 123 cm³/mol. The molecule has 0 aliphatic rings. The maximum Gasteiger partial charge on any atom is 0.330 e. The average molecular weight is 433 g/mol. The van der Waals surface area contributed by atoms with E-state index in [4.69, 9.17) is 9.47 Å². The zero-order valence-electron chi connectivity index (χ0n) is 17.0. The molecular weight excluding hydrogens is 412 g/mol. The number of thiophene rings is 1. The summed E-state index contributed by atoms with van der Waals surface area (Å²) < 4.78 is 12.0. The molecule has 2 aromatic heterocycles. The first-order valence-corrected chi connectivity index (χ1v) is 10.4. The fraction of sp³-hybridized carbons (Fsp3) is 0.0833. The van der Waals surface area contributed by atoms with Crippen LogP contribution in [0.4, 0.5) is 0 Å². The smallest absolute Gasteiger partial charge is 0.330 e. The number of carbonyl (C=O) groups is 1. The van der Waals surface area contributed by atoms with Gasteiger partial charge in [-0.05, 0) is 47.4 Å². The fourth-order valence-corrected chi connectivity index (χ4v) is 3.87. The molecule has 4 rings (SSSR count). The van der Waals surface area contributed by atoms with E-state index in [0.29, 0.717) is 22.7 Å². The maximum absolute atomic E-state index is 12.7. The Kier molecular flexibility index (Phi) is 5.86. The average Bonchev–Trinajstić information content (AvgIpc) is 3.47. The van der Waals surface area contributed by atoms with Gasteiger partial charge in [0.25, 0.3) is 0 Å². The first-order valence-electron chi connectivity index (χ1n) is 9.49. The van der Waals surface area contributed by atoms with Crippen LogP contribution in [0.2, 0.25) is 0 Å². The zero-order chi connectivity index (χ0) is 21.8. The summed E-state index contributed by atoms with van der Waals surface area (Å²) in [5, 5.41) is 1.95. The highest BCUT2D eigenvalue weighted by atomic mass is 32.1. The van der Waals surface area contributed by atoms with E-state index in [2.05, 4.69) is 4.98 Å². The van der Waals surface area contributed by atoms with Gasteiger partial charge in [0.2, 0.25) is 0 Å². The van der Waals surface area contributed by atoms with Crippen molar-refractivity contribution in [3.63, 3.8) is 0 Å². The molecule has 2 heterocycles. The lowest BCUT2D eigenvalue weighted by Gasteiger charge is -2.07. The molecule has 0 aliphatic carbocycles. The molecule has 2 aromatic carbocycles. The Bertz CT molecular complexity index is 1300. The van der Waals surface area contributed by atoms with Crippen molar-refractivity contribution in [1.29, 1.82) is 0 Å². The van der Waals surface area contributed by atoms with E-state index in [1.165, 1.54) is 10.6 Å². The van der Waals surface area contributed by atoms with E-state index < -0.39 is 0 Å². The highest BCUT2D eigenvalue weighted by Crippen LogP contribution is 2.28. The summed E-state index contributed by atoms with van der Waals surface area (Å²) in [6, 6.07) is 16.3. The van der Waals surface area contributed by atoms with E-state index in [9.17, 15) is 9.59 Å². The van der Waals surface area contributed by atoms with Crippen molar-refractivity contribution in [2.24, 2.45) is 0 Å². The van der Waals surface area contributed by atoms with Gasteiger partial charge in [-0.2, -0.15) is 0 Å². The number of hydrogen-bond acceptors (Lipinski definition) is 5. The summed E-state index contributed by atoms with van der Waals surface area (Å²) in [5.41, 5.74) is 2.40. The number of nitrogens with one attached hydrogen (secondary N) is 1. The van der Waals surface area contributed by atoms with Gasteiger partial charge in [-0.3, -0.25) is 9.36 Å². The van der Waals surface area contributed by atoms with Crippen LogP contribution in [0.5, 0.6) is 11.5 Å². The van der Waals surface area contributed by atoms with Crippen LogP contribution >= 0.6 is 11.3 Å². The van der Waals surface area contributed by atoms with Crippen molar-refractivity contribution in [3.05, 3.63) is 93.9 Å². The lowest BCUT2D eigenvalue weighted by atomic mass is 10.1. The summed E-state index contributed by atoms with van der Waals surface area (Å²) in [7, 11) is 3.14. The van der Waals surface area contributed by atoms with Crippen molar-refractivity contribution in [2.45, 2.75) is 0 Å². The Morgan fingerprint density at radius 2 is 1.87 bits per heavy atom. The minimum atomic E-state index is -0.256. The topological polar surface area (TPSA) is 73.3 Å². The molecule has 0 spiro atoms. The Hall–Kier alpha value is -3.84. The summed E-state index contributed by atoms with van der Waals surface area (Å²) in [4.78, 5) is 29.0. The summed E-state index contributed by atoms with van der Waals surface area (Å²) in [6.45, 7) is 0. The van der Waals surface area contributed by atoms with Gasteiger partial charge in [0.05, 0.1) is 30.5 Å². The second kappa shape index (κ2) is 8.89. The molecule has 0 unspecified atom stereocenters. The molecule has 0 atom stereocenters. The summed E-state index contributed by atoms with van der Waals surface area (Å²) in [5.74, 6) is 1.05. The molecule has 0 bridgehead atoms. The molecule has 156 valence electrons. The highest BCUT2D eigenvalue weighted by molar-refractivity contribution is 7.13. The summed E-state index contributed by atoms with van der Waals surface area (Å²) >= 11 is 1.55. The minimum absolute atomic E-state index is 0.168. The van der Waals surface area contributed by atoms with E-state index in [-0.39, 0.29) is 11.5 Å². The van der Waals surface area contributed by atoms with Crippen LogP contribution in [-0.4, -0.2) is 29.6 Å². The molecule has 4 aromatic rings. The number of benzene rings is 2. The molecule has 0 fully saturated rings. The largest absolute Gasteiger partial charge is 0.493 e. The highest BCUT2D eigenvalue weighted by Gasteiger charge is 2.10. The molecule has 0 saturated carbocycles. The number of nitrogens with zero attached hydrogens (tertiary/aromatic N) is 1. The Balaban J connectivity index is 1.58. The number of methoxy groups -OCH3 is 2. The zero-order valence-corrected chi connectivity index (χ0v) is 17.8. The number of aromatic nitrogens is 2. The number of H-pyrrole nitrogens is 1. The molecular formula is C24H20N2O4S. The number of hydrogen-bond donors (Lipinski definition) is 1. The van der Waals surface area contributed by atoms with Crippen molar-refractivity contribution in [1.82, 2.24) is 9.55 Å². The van der Waals surface area contributed by atoms with Crippen LogP contribution in [0.1, 0.15) is 15.9 Å². The van der Waals surface area contributed by atoms with E-state index in [1.807, 2.05) is 23.6 Å². The maximum atomic E-state index is 12.7. The SMILES string of the molecule is COc1ccc(/C=C/C(=O)c2cccc(-n3cc(-c4cccs4)[nH]c3=O)c2)cc1OC. The molecule has 0 radical (unpaired) electrons. The van der Waals surface area contributed by atoms with Crippen molar-refractivity contribution in [3.8, 4) is 27.8 Å². The third-order valence-corrected chi connectivity index (χ3v) is 5.65. The van der Waals surface area contributed by atoms with Crippen LogP contribution in [0.3, 0.4) is 0 Å². The number of rotatable bonds is 7. The normalized spacial score (nSPS) is 11.0. The molecule has 31 heavy (non-hydrogen) atoms. The van der Waals surface area contributed by atoms with Gasteiger partial charge in [0, 0.05) is 11.8 Å². The molecule has 0 saturated heterocycles. The molecule has 0 aliphatic heterocycles. The van der Waals surface area contributed by atoms with Gasteiger partial charge in [-0.25, -0.2) is 4.79 Å². The van der Waals surface area contributed by atoms with Crippen LogP contribution < -0.4 is 15.2 Å². The van der Waals surface area contributed by atoms with Crippen molar-refractivity contribution in [2.75, 3.05) is 14.2 Å². The van der Waals surface area contributed by atoms with Gasteiger partial charge in [0.15, 0.2) is 17.3 Å². The first-order chi connectivity index (χ1) is 15.1. The number of aromatic amines is 1. The Labute approximate surface area is 183 Å². The van der Waals surface area contributed by atoms with Crippen LogP contribution in [0.25, 0.3) is 22.3 Å². The minimum Gasteiger partial charge on any atom is -0.493 e. The number of imidazole rings is 1. The monoisotopic (exact) mass is 432 g/mol. The molecule has 6 nitrogen and oxygen atoms in total. The van der Waals surface area contributed by atoms with Crippen LogP contribution in [0.15, 0.2) is 77.0 Å². The van der Waals surface area contributed by atoms with Crippen LogP contribution in [0, 0.1) is 0 Å². The van der Waals surface area contributed by atoms with Gasteiger partial charge >= 0.3 is 5.69 Å². The van der Waals surface area contributed by atoms with Gasteiger partial charge in [-0.15, -0.1) is 11.3 Å². The van der Waals surface area contributed by atoms with E-state index in [0.717, 1.165) is 16.1 Å². The second-order valence-corrected chi connectivity index (χ2v) is 7.63. The molecule has 0 amide bonds. The third kappa shape index (κ3) is 4.36. The van der Waals surface area contributed by atoms with Crippen molar-refractivity contribution < 1.29 is 14.3 Å². The first kappa shape index (κ1) is 20.4. The Morgan fingerprint density at radius 3 is 2.61 bits per heavy atom. The van der Waals surface area contributed by atoms with E-state index >= 15 is 0 Å². The predicted octanol–water partition coefficient (Wildman–Crippen LogP) is 4.81. The Morgan fingerprint density at radius 1 is 1.03 bits per heavy atom. The number of ketones is 1. The lowest BCUT2D eigenvalue weighted by Crippen LogP contribution is -2.14. The standard InChI is InChI=1S/C24H20N2O4S/c1-29-21-11-9-16(13-22(21)30-2)8-10-20(27)17-5-3-6-18(14-17)26-15-19(25-24(26)28)23-7-4-12-31-23/h3-15H,1-2H3,(H,25,28)/b10-8+. The summed E-state index contributed by atoms with van der Waals surface area (Å²) in [6.07, 6.45) is 4.96. The van der Waals surface area contributed by atoms with Gasteiger partial charge in [-0.1, -0.05) is 30.3 Å². The lowest BCUT2D eigenvalue weighted by molar-refractivity contribution is 0.104. The number of ether oxygens (including phenoxy) is 2. The number of carbonyl (C=O) groups excluding carboxylic acids is 1. The second-order valence-electron chi connectivity index (χ2n) is 6.68. The molecule has 1 N–H and O–H groups in total. The van der Waals surface area contributed by atoms with Crippen LogP contribution in [-0.2, 0) is 0 Å². The van der Waals surface area contributed by atoms with Gasteiger partial charge in [0.1, 0.15) is 0 Å². The quantitative estimate of drug-likeness (QED) is 0.336. The van der Waals surface area contributed by atoms with E-state index in [1.54, 1.807) is 74.2 Å². The fourth-order valence-electron chi connectivity index (χ4n) is 3.18. The molecule has 7 heteroatoms. The van der Waals surface area contributed by atoms with Gasteiger partial charge < -0.3 is 14.5 Å². The number of allylic oxidation sites excluding steroid dienone is 1. The van der Waals surface area contributed by atoms with Crippen molar-refractivity contribution >= 4 is 23.2 Å².